The molecule has 0 radical (unpaired) electrons. The van der Waals surface area contributed by atoms with E-state index >= 15 is 0 Å². The maximum Gasteiger partial charge on any atom is 0.433 e. The van der Waals surface area contributed by atoms with E-state index in [0.29, 0.717) is 5.75 Å². The Labute approximate surface area is 152 Å². The lowest BCUT2D eigenvalue weighted by Crippen LogP contribution is -2.14. The molecule has 7 nitrogen and oxygen atoms in total. The van der Waals surface area contributed by atoms with E-state index < -0.39 is 17.8 Å². The molecular weight excluding hydrogens is 365 g/mol. The number of anilines is 3. The zero-order valence-corrected chi connectivity index (χ0v) is 14.6. The lowest BCUT2D eigenvalue weighted by Gasteiger charge is -2.15. The molecular formula is C17H17F3N4O3. The molecule has 0 amide bonds. The van der Waals surface area contributed by atoms with Crippen LogP contribution in [0.4, 0.5) is 30.6 Å². The Morgan fingerprint density at radius 2 is 1.93 bits per heavy atom. The fraction of sp³-hybridized carbons (Fsp3) is 0.353. The molecule has 10 heteroatoms. The summed E-state index contributed by atoms with van der Waals surface area (Å²) in [5.74, 6) is -0.458. The molecule has 1 aromatic heterocycles. The van der Waals surface area contributed by atoms with Crippen molar-refractivity contribution in [1.82, 2.24) is 9.97 Å². The van der Waals surface area contributed by atoms with E-state index in [0.717, 1.165) is 18.9 Å². The molecule has 144 valence electrons. The average Bonchev–Trinajstić information content (AvgIpc) is 3.44. The van der Waals surface area contributed by atoms with Gasteiger partial charge in [-0.2, -0.15) is 18.2 Å². The van der Waals surface area contributed by atoms with Crippen molar-refractivity contribution in [3.8, 4) is 5.75 Å². The molecule has 0 bridgehead atoms. The summed E-state index contributed by atoms with van der Waals surface area (Å²) < 4.78 is 49.4. The van der Waals surface area contributed by atoms with Crippen LogP contribution in [0.3, 0.4) is 0 Å². The number of methoxy groups -OCH3 is 2. The molecule has 1 aromatic carbocycles. The number of rotatable bonds is 6. The van der Waals surface area contributed by atoms with Crippen molar-refractivity contribution in [1.29, 1.82) is 0 Å². The first kappa shape index (κ1) is 18.7. The lowest BCUT2D eigenvalue weighted by molar-refractivity contribution is -0.141. The maximum atomic E-state index is 13.2. The monoisotopic (exact) mass is 382 g/mol. The molecule has 0 atom stereocenters. The van der Waals surface area contributed by atoms with Gasteiger partial charge in [-0.3, -0.25) is 0 Å². The van der Waals surface area contributed by atoms with Gasteiger partial charge in [0, 0.05) is 12.1 Å². The molecule has 1 heterocycles. The number of carbonyl (C=O) groups is 1. The van der Waals surface area contributed by atoms with E-state index in [1.165, 1.54) is 32.4 Å². The highest BCUT2D eigenvalue weighted by molar-refractivity contribution is 5.91. The van der Waals surface area contributed by atoms with Gasteiger partial charge in [0.1, 0.15) is 11.6 Å². The zero-order valence-electron chi connectivity index (χ0n) is 14.6. The number of hydrogen-bond donors (Lipinski definition) is 2. The van der Waals surface area contributed by atoms with Gasteiger partial charge in [-0.1, -0.05) is 0 Å². The third-order valence-electron chi connectivity index (χ3n) is 3.81. The standard InChI is InChI=1S/C17H17F3N4O3/c1-26-12-6-3-9(15(25)27-2)7-11(12)22-14-8-13(17(18,19)20)23-16(24-14)21-10-4-5-10/h3,6-8,10H,4-5H2,1-2H3,(H2,21,22,23,24). The van der Waals surface area contributed by atoms with Crippen LogP contribution in [0.25, 0.3) is 0 Å². The Bertz CT molecular complexity index is 854. The third kappa shape index (κ3) is 4.57. The number of ether oxygens (including phenoxy) is 2. The van der Waals surface area contributed by atoms with Gasteiger partial charge in [0.05, 0.1) is 25.5 Å². The summed E-state index contributed by atoms with van der Waals surface area (Å²) in [6, 6.07) is 5.27. The van der Waals surface area contributed by atoms with Crippen molar-refractivity contribution in [2.75, 3.05) is 24.9 Å². The van der Waals surface area contributed by atoms with Gasteiger partial charge in [-0.15, -0.1) is 0 Å². The predicted molar refractivity (Wildman–Crippen MR) is 91.3 cm³/mol. The smallest absolute Gasteiger partial charge is 0.433 e. The Balaban J connectivity index is 1.97. The normalized spacial score (nSPS) is 13.8. The van der Waals surface area contributed by atoms with E-state index in [1.807, 2.05) is 0 Å². The van der Waals surface area contributed by atoms with Crippen LogP contribution >= 0.6 is 0 Å². The van der Waals surface area contributed by atoms with Gasteiger partial charge in [0.25, 0.3) is 0 Å². The highest BCUT2D eigenvalue weighted by atomic mass is 19.4. The first-order chi connectivity index (χ1) is 12.8. The summed E-state index contributed by atoms with van der Waals surface area (Å²) in [4.78, 5) is 19.3. The van der Waals surface area contributed by atoms with Crippen LogP contribution < -0.4 is 15.4 Å². The van der Waals surface area contributed by atoms with Crippen LogP contribution in [0.2, 0.25) is 0 Å². The molecule has 3 rings (SSSR count). The fourth-order valence-electron chi connectivity index (χ4n) is 2.32. The van der Waals surface area contributed by atoms with Crippen molar-refractivity contribution < 1.29 is 27.4 Å². The SMILES string of the molecule is COC(=O)c1ccc(OC)c(Nc2cc(C(F)(F)F)nc(NC3CC3)n2)c1. The van der Waals surface area contributed by atoms with Gasteiger partial charge >= 0.3 is 12.1 Å². The van der Waals surface area contributed by atoms with Crippen LogP contribution in [-0.4, -0.2) is 36.2 Å². The van der Waals surface area contributed by atoms with Crippen LogP contribution in [-0.2, 0) is 10.9 Å². The number of halogens is 3. The average molecular weight is 382 g/mol. The molecule has 2 N–H and O–H groups in total. The van der Waals surface area contributed by atoms with Crippen molar-refractivity contribution in [2.45, 2.75) is 25.1 Å². The van der Waals surface area contributed by atoms with Crippen molar-refractivity contribution >= 4 is 23.4 Å². The minimum Gasteiger partial charge on any atom is -0.495 e. The number of benzene rings is 1. The van der Waals surface area contributed by atoms with E-state index in [1.54, 1.807) is 0 Å². The number of hydrogen-bond acceptors (Lipinski definition) is 7. The number of nitrogens with one attached hydrogen (secondary N) is 2. The van der Waals surface area contributed by atoms with Gasteiger partial charge < -0.3 is 20.1 Å². The van der Waals surface area contributed by atoms with E-state index in [-0.39, 0.29) is 29.1 Å². The minimum absolute atomic E-state index is 0.0820. The second-order valence-corrected chi connectivity index (χ2v) is 5.91. The zero-order chi connectivity index (χ0) is 19.6. The molecule has 0 unspecified atom stereocenters. The number of esters is 1. The van der Waals surface area contributed by atoms with Gasteiger partial charge in [-0.05, 0) is 31.0 Å². The van der Waals surface area contributed by atoms with Gasteiger partial charge in [0.15, 0.2) is 5.69 Å². The highest BCUT2D eigenvalue weighted by Crippen LogP contribution is 2.33. The van der Waals surface area contributed by atoms with Crippen molar-refractivity contribution in [2.24, 2.45) is 0 Å². The largest absolute Gasteiger partial charge is 0.495 e. The summed E-state index contributed by atoms with van der Waals surface area (Å²) in [6.07, 6.45) is -2.91. The van der Waals surface area contributed by atoms with Crippen LogP contribution in [0.1, 0.15) is 28.9 Å². The molecule has 0 saturated heterocycles. The Morgan fingerprint density at radius 3 is 2.52 bits per heavy atom. The first-order valence-electron chi connectivity index (χ1n) is 8.06. The van der Waals surface area contributed by atoms with E-state index in [9.17, 15) is 18.0 Å². The topological polar surface area (TPSA) is 85.4 Å². The van der Waals surface area contributed by atoms with E-state index in [2.05, 4.69) is 25.3 Å². The number of alkyl halides is 3. The van der Waals surface area contributed by atoms with Gasteiger partial charge in [-0.25, -0.2) is 9.78 Å². The predicted octanol–water partition coefficient (Wildman–Crippen LogP) is 3.61. The number of nitrogens with zero attached hydrogens (tertiary/aromatic N) is 2. The quantitative estimate of drug-likeness (QED) is 0.738. The summed E-state index contributed by atoms with van der Waals surface area (Å²) >= 11 is 0. The van der Waals surface area contributed by atoms with E-state index in [4.69, 9.17) is 4.74 Å². The number of carbonyl (C=O) groups excluding carboxylic acids is 1. The maximum absolute atomic E-state index is 13.2. The summed E-state index contributed by atoms with van der Waals surface area (Å²) in [7, 11) is 2.63. The number of aromatic nitrogens is 2. The lowest BCUT2D eigenvalue weighted by atomic mass is 10.2. The van der Waals surface area contributed by atoms with Crippen LogP contribution in [0.15, 0.2) is 24.3 Å². The summed E-state index contributed by atoms with van der Waals surface area (Å²) in [5, 5.41) is 5.62. The Morgan fingerprint density at radius 1 is 1.19 bits per heavy atom. The molecule has 27 heavy (non-hydrogen) atoms. The summed E-state index contributed by atoms with van der Waals surface area (Å²) in [6.45, 7) is 0. The molecule has 1 aliphatic carbocycles. The van der Waals surface area contributed by atoms with Crippen LogP contribution in [0.5, 0.6) is 5.75 Å². The molecule has 2 aromatic rings. The van der Waals surface area contributed by atoms with Crippen LogP contribution in [0, 0.1) is 0 Å². The molecule has 1 saturated carbocycles. The molecule has 0 aliphatic heterocycles. The second kappa shape index (κ2) is 7.29. The Hall–Kier alpha value is -3.04. The van der Waals surface area contributed by atoms with Gasteiger partial charge in [0.2, 0.25) is 5.95 Å². The highest BCUT2D eigenvalue weighted by Gasteiger charge is 2.34. The minimum atomic E-state index is -4.63. The third-order valence-corrected chi connectivity index (χ3v) is 3.81. The first-order valence-corrected chi connectivity index (χ1v) is 8.06. The van der Waals surface area contributed by atoms with Crippen molar-refractivity contribution in [3.05, 3.63) is 35.5 Å². The summed E-state index contributed by atoms with van der Waals surface area (Å²) in [5.41, 5.74) is -0.599. The van der Waals surface area contributed by atoms with Crippen molar-refractivity contribution in [3.63, 3.8) is 0 Å². The fourth-order valence-corrected chi connectivity index (χ4v) is 2.32. The molecule has 0 spiro atoms. The molecule has 1 fully saturated rings. The second-order valence-electron chi connectivity index (χ2n) is 5.91. The Kier molecular flexibility index (Phi) is 5.06. The molecule has 1 aliphatic rings.